The Balaban J connectivity index is 4.10. The number of carbonyl (C=O) groups excluding carboxylic acids is 1. The van der Waals surface area contributed by atoms with Crippen molar-refractivity contribution in [3.05, 3.63) is 0 Å². The Morgan fingerprint density at radius 3 is 2.23 bits per heavy atom. The normalized spacial score (nSPS) is 12.6. The van der Waals surface area contributed by atoms with E-state index < -0.39 is 24.2 Å². The smallest absolute Gasteiger partial charge is 0.331 e. The summed E-state index contributed by atoms with van der Waals surface area (Å²) >= 11 is 0. The minimum absolute atomic E-state index is 0.163. The number of aliphatic carboxylic acids is 1. The van der Waals surface area contributed by atoms with E-state index in [2.05, 4.69) is 0 Å². The van der Waals surface area contributed by atoms with Gasteiger partial charge in [-0.15, -0.1) is 0 Å². The summed E-state index contributed by atoms with van der Waals surface area (Å²) in [6, 6.07) is -1.65. The predicted octanol–water partition coefficient (Wildman–Crippen LogP) is -1.33. The molecule has 1 amide bonds. The summed E-state index contributed by atoms with van der Waals surface area (Å²) < 4.78 is 0. The largest absolute Gasteiger partial charge is 0.480 e. The molecule has 0 aliphatic rings. The summed E-state index contributed by atoms with van der Waals surface area (Å²) in [7, 11) is 0. The molecule has 0 unspecified atom stereocenters. The number of carboxylic acids is 1. The molecular formula is C7H13NO5. The van der Waals surface area contributed by atoms with Crippen molar-refractivity contribution in [2.45, 2.75) is 32.1 Å². The van der Waals surface area contributed by atoms with E-state index in [9.17, 15) is 9.59 Å². The van der Waals surface area contributed by atoms with Crippen LogP contribution in [0.3, 0.4) is 0 Å². The Morgan fingerprint density at radius 1 is 1.38 bits per heavy atom. The first-order valence-electron chi connectivity index (χ1n) is 3.87. The highest BCUT2D eigenvalue weighted by Crippen LogP contribution is 1.93. The van der Waals surface area contributed by atoms with Crippen molar-refractivity contribution in [1.82, 2.24) is 5.32 Å². The second kappa shape index (κ2) is 5.50. The van der Waals surface area contributed by atoms with Crippen molar-refractivity contribution in [3.63, 3.8) is 0 Å². The zero-order valence-electron chi connectivity index (χ0n) is 7.23. The fourth-order valence-corrected chi connectivity index (χ4v) is 0.736. The first-order chi connectivity index (χ1) is 5.99. The Labute approximate surface area is 75.2 Å². The van der Waals surface area contributed by atoms with Crippen molar-refractivity contribution < 1.29 is 24.9 Å². The third kappa shape index (κ3) is 4.44. The van der Waals surface area contributed by atoms with E-state index in [1.807, 2.05) is 5.32 Å². The Hall–Kier alpha value is -1.14. The molecule has 13 heavy (non-hydrogen) atoms. The number of hydrogen-bond acceptors (Lipinski definition) is 4. The molecule has 0 radical (unpaired) electrons. The van der Waals surface area contributed by atoms with Crippen LogP contribution < -0.4 is 5.32 Å². The Kier molecular flexibility index (Phi) is 5.01. The van der Waals surface area contributed by atoms with Crippen LogP contribution in [0.2, 0.25) is 0 Å². The minimum atomic E-state index is -2.08. The van der Waals surface area contributed by atoms with Gasteiger partial charge in [-0.1, -0.05) is 6.92 Å². The summed E-state index contributed by atoms with van der Waals surface area (Å²) in [6.45, 7) is 1.75. The third-order valence-electron chi connectivity index (χ3n) is 1.36. The molecule has 0 aromatic heterocycles. The number of aliphatic hydroxyl groups is 2. The molecule has 6 heteroatoms. The molecule has 0 spiro atoms. The van der Waals surface area contributed by atoms with E-state index in [4.69, 9.17) is 15.3 Å². The number of rotatable bonds is 5. The van der Waals surface area contributed by atoms with Gasteiger partial charge in [0.15, 0.2) is 12.3 Å². The number of carboxylic acid groups (broad SMARTS) is 1. The molecule has 6 nitrogen and oxygen atoms in total. The fraction of sp³-hybridized carbons (Fsp3) is 0.714. The summed E-state index contributed by atoms with van der Waals surface area (Å²) in [6.07, 6.45) is -1.35. The maximum absolute atomic E-state index is 10.9. The van der Waals surface area contributed by atoms with Gasteiger partial charge in [-0.05, 0) is 6.42 Å². The number of hydrogen-bond donors (Lipinski definition) is 4. The maximum Gasteiger partial charge on any atom is 0.331 e. The monoisotopic (exact) mass is 191 g/mol. The fourth-order valence-electron chi connectivity index (χ4n) is 0.736. The second-order valence-electron chi connectivity index (χ2n) is 2.55. The van der Waals surface area contributed by atoms with Crippen molar-refractivity contribution in [3.8, 4) is 0 Å². The molecule has 0 aromatic rings. The van der Waals surface area contributed by atoms with Gasteiger partial charge in [0.2, 0.25) is 5.91 Å². The first kappa shape index (κ1) is 11.9. The molecule has 76 valence electrons. The molecular weight excluding hydrogens is 178 g/mol. The third-order valence-corrected chi connectivity index (χ3v) is 1.36. The van der Waals surface area contributed by atoms with Gasteiger partial charge in [-0.3, -0.25) is 4.79 Å². The average Bonchev–Trinajstić information content (AvgIpc) is 1.99. The van der Waals surface area contributed by atoms with Crippen LogP contribution in [-0.2, 0) is 9.59 Å². The topological polar surface area (TPSA) is 107 Å². The summed E-state index contributed by atoms with van der Waals surface area (Å²) in [5, 5.41) is 27.5. The summed E-state index contributed by atoms with van der Waals surface area (Å²) in [4.78, 5) is 21.2. The molecule has 0 aliphatic heterocycles. The predicted molar refractivity (Wildman–Crippen MR) is 42.7 cm³/mol. The van der Waals surface area contributed by atoms with E-state index in [-0.39, 0.29) is 6.42 Å². The summed E-state index contributed by atoms with van der Waals surface area (Å²) in [5.41, 5.74) is 0. The minimum Gasteiger partial charge on any atom is -0.480 e. The molecule has 1 atom stereocenters. The van der Waals surface area contributed by atoms with Crippen LogP contribution in [-0.4, -0.2) is 39.5 Å². The zero-order valence-corrected chi connectivity index (χ0v) is 7.23. The summed E-state index contributed by atoms with van der Waals surface area (Å²) in [5.74, 6) is -1.98. The van der Waals surface area contributed by atoms with Crippen LogP contribution in [0.15, 0.2) is 0 Å². The number of nitrogens with one attached hydrogen (secondary N) is 1. The lowest BCUT2D eigenvalue weighted by molar-refractivity contribution is -0.155. The van der Waals surface area contributed by atoms with Crippen molar-refractivity contribution in [2.24, 2.45) is 0 Å². The van der Waals surface area contributed by atoms with Gasteiger partial charge in [0.1, 0.15) is 0 Å². The van der Waals surface area contributed by atoms with Crippen molar-refractivity contribution >= 4 is 11.9 Å². The van der Waals surface area contributed by atoms with Crippen LogP contribution in [0.1, 0.15) is 19.8 Å². The highest BCUT2D eigenvalue weighted by Gasteiger charge is 2.25. The highest BCUT2D eigenvalue weighted by atomic mass is 16.5. The molecule has 0 heterocycles. The lowest BCUT2D eigenvalue weighted by Gasteiger charge is -2.15. The standard InChI is InChI=1S/C7H13NO5/c1-2-3-4(9)8-5(6(10)11)7(12)13/h5-6,10-11H,2-3H2,1H3,(H,8,9)(H,12,13)/t5-/m0/s1. The number of amides is 1. The van der Waals surface area contributed by atoms with Crippen LogP contribution in [0, 0.1) is 0 Å². The van der Waals surface area contributed by atoms with Gasteiger partial charge in [0, 0.05) is 6.42 Å². The molecule has 0 saturated carbocycles. The molecule has 0 saturated heterocycles. The van der Waals surface area contributed by atoms with E-state index in [1.54, 1.807) is 6.92 Å². The van der Waals surface area contributed by atoms with Gasteiger partial charge in [-0.25, -0.2) is 4.79 Å². The average molecular weight is 191 g/mol. The van der Waals surface area contributed by atoms with Gasteiger partial charge in [-0.2, -0.15) is 0 Å². The Morgan fingerprint density at radius 2 is 1.92 bits per heavy atom. The van der Waals surface area contributed by atoms with E-state index >= 15 is 0 Å². The molecule has 0 fully saturated rings. The van der Waals surface area contributed by atoms with Crippen LogP contribution in [0.25, 0.3) is 0 Å². The first-order valence-corrected chi connectivity index (χ1v) is 3.87. The zero-order chi connectivity index (χ0) is 10.4. The lowest BCUT2D eigenvalue weighted by Crippen LogP contribution is -2.48. The van der Waals surface area contributed by atoms with Gasteiger partial charge in [0.25, 0.3) is 0 Å². The van der Waals surface area contributed by atoms with Crippen LogP contribution >= 0.6 is 0 Å². The van der Waals surface area contributed by atoms with E-state index in [0.717, 1.165) is 0 Å². The lowest BCUT2D eigenvalue weighted by atomic mass is 10.2. The quantitative estimate of drug-likeness (QED) is 0.403. The molecule has 0 rings (SSSR count). The molecule has 4 N–H and O–H groups in total. The van der Waals surface area contributed by atoms with Crippen LogP contribution in [0.5, 0.6) is 0 Å². The SMILES string of the molecule is CCCC(=O)N[C@H](C(=O)O)C(O)O. The number of aliphatic hydroxyl groups excluding tert-OH is 1. The van der Waals surface area contributed by atoms with Crippen molar-refractivity contribution in [1.29, 1.82) is 0 Å². The van der Waals surface area contributed by atoms with E-state index in [1.165, 1.54) is 0 Å². The van der Waals surface area contributed by atoms with Gasteiger partial charge >= 0.3 is 5.97 Å². The van der Waals surface area contributed by atoms with Gasteiger partial charge in [0.05, 0.1) is 0 Å². The second-order valence-corrected chi connectivity index (χ2v) is 2.55. The maximum atomic E-state index is 10.9. The number of carbonyl (C=O) groups is 2. The highest BCUT2D eigenvalue weighted by molar-refractivity contribution is 5.83. The molecule has 0 bridgehead atoms. The molecule has 0 aromatic carbocycles. The van der Waals surface area contributed by atoms with Crippen LogP contribution in [0.4, 0.5) is 0 Å². The van der Waals surface area contributed by atoms with Gasteiger partial charge < -0.3 is 20.6 Å². The van der Waals surface area contributed by atoms with Crippen molar-refractivity contribution in [2.75, 3.05) is 0 Å². The Bertz CT molecular complexity index is 191. The van der Waals surface area contributed by atoms with E-state index in [0.29, 0.717) is 6.42 Å². The molecule has 0 aliphatic carbocycles.